The van der Waals surface area contributed by atoms with Crippen molar-refractivity contribution >= 4 is 33.0 Å². The van der Waals surface area contributed by atoms with E-state index in [-0.39, 0.29) is 27.2 Å². The number of nitrogens with zero attached hydrogens (tertiary/aromatic N) is 2. The Morgan fingerprint density at radius 1 is 1.29 bits per heavy atom. The van der Waals surface area contributed by atoms with Gasteiger partial charge in [0.05, 0.1) is 20.5 Å². The smallest absolute Gasteiger partial charge is 0.263 e. The zero-order valence-corrected chi connectivity index (χ0v) is 14.6. The average molecular weight is 367 g/mol. The molecule has 0 radical (unpaired) electrons. The van der Waals surface area contributed by atoms with Crippen LogP contribution in [0.2, 0.25) is 5.02 Å². The summed E-state index contributed by atoms with van der Waals surface area (Å²) in [6, 6.07) is 9.31. The molecule has 2 aromatic rings. The van der Waals surface area contributed by atoms with Gasteiger partial charge < -0.3 is 0 Å². The molecule has 0 amide bonds. The molecule has 0 bridgehead atoms. The van der Waals surface area contributed by atoms with Crippen molar-refractivity contribution in [3.05, 3.63) is 62.7 Å². The first-order chi connectivity index (χ1) is 11.2. The molecule has 6 nitrogen and oxygen atoms in total. The second-order valence-electron chi connectivity index (χ2n) is 5.79. The molecule has 0 aromatic heterocycles. The predicted octanol–water partition coefficient (Wildman–Crippen LogP) is 3.70. The molecule has 2 aromatic carbocycles. The van der Waals surface area contributed by atoms with Crippen LogP contribution in [0, 0.1) is 17.0 Å². The Hall–Kier alpha value is -2.12. The van der Waals surface area contributed by atoms with Crippen molar-refractivity contribution in [3.8, 4) is 0 Å². The van der Waals surface area contributed by atoms with Crippen molar-refractivity contribution in [2.75, 3.05) is 4.31 Å². The third-order valence-electron chi connectivity index (χ3n) is 4.19. The van der Waals surface area contributed by atoms with E-state index in [9.17, 15) is 18.5 Å². The minimum Gasteiger partial charge on any atom is -0.263 e. The SMILES string of the molecule is Cc1c(Cl)cc(S(=O)(=O)N2c3ccccc3C[C@@H]2C)cc1[N+](=O)[O-]. The number of hydrogen-bond donors (Lipinski definition) is 0. The van der Waals surface area contributed by atoms with E-state index in [2.05, 4.69) is 0 Å². The number of rotatable bonds is 3. The Morgan fingerprint density at radius 2 is 1.96 bits per heavy atom. The first kappa shape index (κ1) is 16.7. The number of benzene rings is 2. The molecule has 24 heavy (non-hydrogen) atoms. The number of sulfonamides is 1. The molecule has 0 N–H and O–H groups in total. The van der Waals surface area contributed by atoms with Gasteiger partial charge in [-0.3, -0.25) is 14.4 Å². The number of hydrogen-bond acceptors (Lipinski definition) is 4. The van der Waals surface area contributed by atoms with Crippen molar-refractivity contribution in [3.63, 3.8) is 0 Å². The molecule has 1 atom stereocenters. The largest absolute Gasteiger partial charge is 0.275 e. The molecule has 1 aliphatic rings. The summed E-state index contributed by atoms with van der Waals surface area (Å²) in [6.07, 6.45) is 0.594. The zero-order valence-electron chi connectivity index (χ0n) is 13.1. The van der Waals surface area contributed by atoms with Gasteiger partial charge in [-0.05, 0) is 38.0 Å². The molecular weight excluding hydrogens is 352 g/mol. The summed E-state index contributed by atoms with van der Waals surface area (Å²) < 4.78 is 27.5. The molecule has 0 aliphatic carbocycles. The lowest BCUT2D eigenvalue weighted by atomic mass is 10.1. The van der Waals surface area contributed by atoms with Crippen molar-refractivity contribution in [2.45, 2.75) is 31.2 Å². The van der Waals surface area contributed by atoms with Crippen LogP contribution in [-0.4, -0.2) is 19.4 Å². The van der Waals surface area contributed by atoms with Crippen molar-refractivity contribution in [1.29, 1.82) is 0 Å². The Morgan fingerprint density at radius 3 is 2.62 bits per heavy atom. The molecule has 0 unspecified atom stereocenters. The predicted molar refractivity (Wildman–Crippen MR) is 92.1 cm³/mol. The lowest BCUT2D eigenvalue weighted by molar-refractivity contribution is -0.385. The molecule has 1 heterocycles. The first-order valence-corrected chi connectivity index (χ1v) is 9.12. The highest BCUT2D eigenvalue weighted by molar-refractivity contribution is 7.92. The van der Waals surface area contributed by atoms with E-state index >= 15 is 0 Å². The quantitative estimate of drug-likeness (QED) is 0.612. The maximum Gasteiger partial charge on any atom is 0.275 e. The molecule has 8 heteroatoms. The molecule has 126 valence electrons. The van der Waals surface area contributed by atoms with E-state index < -0.39 is 14.9 Å². The Bertz CT molecular complexity index is 943. The van der Waals surface area contributed by atoms with Crippen LogP contribution >= 0.6 is 11.6 Å². The molecule has 3 rings (SSSR count). The molecule has 0 fully saturated rings. The lowest BCUT2D eigenvalue weighted by Gasteiger charge is -2.24. The topological polar surface area (TPSA) is 80.5 Å². The monoisotopic (exact) mass is 366 g/mol. The standard InChI is InChI=1S/C16H15ClN2O4S/c1-10-7-12-5-3-4-6-15(12)18(10)24(22,23)13-8-14(17)11(2)16(9-13)19(20)21/h3-6,8-10H,7H2,1-2H3/t10-/m0/s1. The van der Waals surface area contributed by atoms with E-state index in [0.29, 0.717) is 12.1 Å². The van der Waals surface area contributed by atoms with Crippen LogP contribution in [0.25, 0.3) is 0 Å². The highest BCUT2D eigenvalue weighted by Crippen LogP contribution is 2.38. The molecule has 0 saturated carbocycles. The van der Waals surface area contributed by atoms with Gasteiger partial charge in [-0.25, -0.2) is 8.42 Å². The number of para-hydroxylation sites is 1. The van der Waals surface area contributed by atoms with E-state index in [1.165, 1.54) is 17.3 Å². The van der Waals surface area contributed by atoms with E-state index in [0.717, 1.165) is 11.6 Å². The maximum absolute atomic E-state index is 13.1. The number of nitro benzene ring substituents is 1. The van der Waals surface area contributed by atoms with E-state index in [1.807, 2.05) is 19.1 Å². The summed E-state index contributed by atoms with van der Waals surface area (Å²) in [4.78, 5) is 10.4. The van der Waals surface area contributed by atoms with Gasteiger partial charge >= 0.3 is 0 Å². The number of fused-ring (bicyclic) bond motifs is 1. The minimum absolute atomic E-state index is 0.0583. The number of anilines is 1. The van der Waals surface area contributed by atoms with Gasteiger partial charge in [-0.15, -0.1) is 0 Å². The summed E-state index contributed by atoms with van der Waals surface area (Å²) in [7, 11) is -3.95. The van der Waals surface area contributed by atoms with Gasteiger partial charge in [0.15, 0.2) is 0 Å². The van der Waals surface area contributed by atoms with Crippen LogP contribution < -0.4 is 4.31 Å². The minimum atomic E-state index is -3.95. The highest BCUT2D eigenvalue weighted by atomic mass is 35.5. The Kier molecular flexibility index (Phi) is 4.01. The van der Waals surface area contributed by atoms with Crippen molar-refractivity contribution < 1.29 is 13.3 Å². The van der Waals surface area contributed by atoms with Crippen LogP contribution in [0.5, 0.6) is 0 Å². The van der Waals surface area contributed by atoms with Gasteiger partial charge in [-0.1, -0.05) is 29.8 Å². The maximum atomic E-state index is 13.1. The lowest BCUT2D eigenvalue weighted by Crippen LogP contribution is -2.35. The Labute approximate surface area is 144 Å². The summed E-state index contributed by atoms with van der Waals surface area (Å²) in [5, 5.41) is 11.2. The molecule has 0 spiro atoms. The van der Waals surface area contributed by atoms with Crippen molar-refractivity contribution in [2.24, 2.45) is 0 Å². The van der Waals surface area contributed by atoms with E-state index in [4.69, 9.17) is 11.6 Å². The summed E-state index contributed by atoms with van der Waals surface area (Å²) in [5.74, 6) is 0. The fourth-order valence-corrected chi connectivity index (χ4v) is 5.01. The summed E-state index contributed by atoms with van der Waals surface area (Å²) in [5.41, 5.74) is 1.47. The van der Waals surface area contributed by atoms with E-state index in [1.54, 1.807) is 12.1 Å². The summed E-state index contributed by atoms with van der Waals surface area (Å²) in [6.45, 7) is 3.30. The highest BCUT2D eigenvalue weighted by Gasteiger charge is 2.37. The fraction of sp³-hybridized carbons (Fsp3) is 0.250. The van der Waals surface area contributed by atoms with Gasteiger partial charge in [0.25, 0.3) is 15.7 Å². The summed E-state index contributed by atoms with van der Waals surface area (Å²) >= 11 is 6.02. The third kappa shape index (κ3) is 2.53. The van der Waals surface area contributed by atoms with Crippen LogP contribution in [0.1, 0.15) is 18.1 Å². The van der Waals surface area contributed by atoms with Gasteiger partial charge in [-0.2, -0.15) is 0 Å². The number of halogens is 1. The fourth-order valence-electron chi connectivity index (χ4n) is 3.00. The first-order valence-electron chi connectivity index (χ1n) is 7.30. The molecule has 0 saturated heterocycles. The molecule has 1 aliphatic heterocycles. The van der Waals surface area contributed by atoms with Gasteiger partial charge in [0.1, 0.15) is 0 Å². The van der Waals surface area contributed by atoms with Gasteiger partial charge in [0.2, 0.25) is 0 Å². The van der Waals surface area contributed by atoms with Crippen molar-refractivity contribution in [1.82, 2.24) is 0 Å². The van der Waals surface area contributed by atoms with Crippen LogP contribution in [0.4, 0.5) is 11.4 Å². The Balaban J connectivity index is 2.18. The van der Waals surface area contributed by atoms with Crippen LogP contribution in [0.3, 0.4) is 0 Å². The second-order valence-corrected chi connectivity index (χ2v) is 8.01. The van der Waals surface area contributed by atoms with Crippen LogP contribution in [0.15, 0.2) is 41.3 Å². The third-order valence-corrected chi connectivity index (χ3v) is 6.49. The second kappa shape index (κ2) is 5.75. The number of nitro groups is 1. The zero-order chi connectivity index (χ0) is 17.6. The average Bonchev–Trinajstić information content (AvgIpc) is 2.85. The normalized spacial score (nSPS) is 17.0. The van der Waals surface area contributed by atoms with Gasteiger partial charge in [0, 0.05) is 17.7 Å². The van der Waals surface area contributed by atoms with Crippen LogP contribution in [-0.2, 0) is 16.4 Å². The molecular formula is C16H15ClN2O4S.